The van der Waals surface area contributed by atoms with E-state index in [0.29, 0.717) is 36.3 Å². The molecular weight excluding hydrogens is 612 g/mol. The summed E-state index contributed by atoms with van der Waals surface area (Å²) >= 11 is 7.94. The Kier molecular flexibility index (Phi) is 8.59. The normalized spacial score (nSPS) is 15.3. The standard InChI is InChI=1S/C33H35ClN6O4S/c1-5-43-20-38-14-15-39-25-17-23(11-13-28(25)45-32(38)39)44-27-9-7-6-8-21(27)19-35-31(42)36-30-18-29(33(2,3)4)37-40(30)22-10-12-26(41)24(34)16-22/h6-18,32,41H,5,19-20H2,1-4H3,(H2,35,36,42). The first-order valence-corrected chi connectivity index (χ1v) is 15.9. The van der Waals surface area contributed by atoms with Crippen LogP contribution in [0.3, 0.4) is 0 Å². The number of fused-ring (bicyclic) bond motifs is 3. The Balaban J connectivity index is 1.14. The molecule has 3 heterocycles. The number of anilines is 2. The predicted molar refractivity (Wildman–Crippen MR) is 177 cm³/mol. The van der Waals surface area contributed by atoms with Crippen molar-refractivity contribution >= 4 is 40.9 Å². The van der Waals surface area contributed by atoms with E-state index >= 15 is 0 Å². The Labute approximate surface area is 271 Å². The first-order valence-electron chi connectivity index (χ1n) is 14.6. The van der Waals surface area contributed by atoms with E-state index in [1.165, 1.54) is 11.0 Å². The molecule has 2 amide bonds. The van der Waals surface area contributed by atoms with Crippen LogP contribution in [-0.2, 0) is 16.7 Å². The second-order valence-electron chi connectivity index (χ2n) is 11.6. The quantitative estimate of drug-likeness (QED) is 0.171. The fourth-order valence-electron chi connectivity index (χ4n) is 4.94. The number of rotatable bonds is 9. The molecule has 234 valence electrons. The molecular formula is C33H35ClN6O4S. The van der Waals surface area contributed by atoms with Crippen molar-refractivity contribution in [1.82, 2.24) is 20.0 Å². The topological polar surface area (TPSA) is 104 Å². The van der Waals surface area contributed by atoms with Crippen LogP contribution in [0.5, 0.6) is 17.2 Å². The summed E-state index contributed by atoms with van der Waals surface area (Å²) in [6, 6.07) is 19.9. The number of thioether (sulfide) groups is 1. The maximum atomic E-state index is 13.1. The van der Waals surface area contributed by atoms with Crippen molar-refractivity contribution in [1.29, 1.82) is 0 Å². The highest BCUT2D eigenvalue weighted by atomic mass is 35.5. The van der Waals surface area contributed by atoms with Crippen molar-refractivity contribution in [2.45, 2.75) is 50.0 Å². The van der Waals surface area contributed by atoms with Crippen LogP contribution in [0.4, 0.5) is 16.3 Å². The van der Waals surface area contributed by atoms with Crippen LogP contribution in [0, 0.1) is 0 Å². The third kappa shape index (κ3) is 6.56. The van der Waals surface area contributed by atoms with Crippen LogP contribution in [0.25, 0.3) is 5.69 Å². The zero-order valence-corrected chi connectivity index (χ0v) is 27.0. The van der Waals surface area contributed by atoms with Crippen LogP contribution >= 0.6 is 23.4 Å². The minimum absolute atomic E-state index is 0.0308. The molecule has 0 radical (unpaired) electrons. The number of phenolic OH excluding ortho intramolecular Hbond substituents is 1. The van der Waals surface area contributed by atoms with E-state index in [1.807, 2.05) is 76.4 Å². The number of hydrogen-bond donors (Lipinski definition) is 3. The molecule has 0 spiro atoms. The first-order chi connectivity index (χ1) is 21.6. The van der Waals surface area contributed by atoms with E-state index in [4.69, 9.17) is 26.2 Å². The number of nitrogens with one attached hydrogen (secondary N) is 2. The van der Waals surface area contributed by atoms with Gasteiger partial charge in [0.25, 0.3) is 0 Å². The molecule has 1 aromatic heterocycles. The number of carbonyl (C=O) groups excluding carboxylic acids is 1. The Hall–Kier alpha value is -4.32. The number of phenols is 1. The number of ether oxygens (including phenoxy) is 2. The number of aromatic nitrogens is 2. The molecule has 2 aliphatic heterocycles. The van der Waals surface area contributed by atoms with E-state index in [1.54, 1.807) is 28.6 Å². The molecule has 1 atom stereocenters. The summed E-state index contributed by atoms with van der Waals surface area (Å²) in [7, 11) is 0. The number of carbonyl (C=O) groups is 1. The van der Waals surface area contributed by atoms with Crippen LogP contribution < -0.4 is 20.3 Å². The summed E-state index contributed by atoms with van der Waals surface area (Å²) < 4.78 is 13.6. The molecule has 0 aliphatic carbocycles. The number of hydrogen-bond acceptors (Lipinski definition) is 8. The highest BCUT2D eigenvalue weighted by Gasteiger charge is 2.36. The van der Waals surface area contributed by atoms with Crippen molar-refractivity contribution in [2.75, 3.05) is 23.6 Å². The van der Waals surface area contributed by atoms with Crippen molar-refractivity contribution in [3.05, 3.63) is 95.4 Å². The number of amides is 2. The number of benzene rings is 3. The van der Waals surface area contributed by atoms with Gasteiger partial charge in [-0.3, -0.25) is 5.32 Å². The Morgan fingerprint density at radius 2 is 1.91 bits per heavy atom. The lowest BCUT2D eigenvalue weighted by Gasteiger charge is -2.25. The van der Waals surface area contributed by atoms with Gasteiger partial charge in [-0.05, 0) is 43.3 Å². The van der Waals surface area contributed by atoms with Crippen molar-refractivity contribution in [3.8, 4) is 22.9 Å². The van der Waals surface area contributed by atoms with E-state index in [0.717, 1.165) is 16.9 Å². The van der Waals surface area contributed by atoms with Gasteiger partial charge >= 0.3 is 6.03 Å². The number of para-hydroxylation sites is 1. The fraction of sp³-hybridized carbons (Fsp3) is 0.273. The first kappa shape index (κ1) is 30.7. The maximum absolute atomic E-state index is 13.1. The molecule has 0 saturated heterocycles. The lowest BCUT2D eigenvalue weighted by Crippen LogP contribution is -2.34. The monoisotopic (exact) mass is 646 g/mol. The molecule has 12 heteroatoms. The number of aromatic hydroxyl groups is 1. The van der Waals surface area contributed by atoms with E-state index < -0.39 is 6.03 Å². The summed E-state index contributed by atoms with van der Waals surface area (Å²) in [5.41, 5.74) is 3.14. The zero-order chi connectivity index (χ0) is 31.7. The average Bonchev–Trinajstić information content (AvgIpc) is 3.71. The van der Waals surface area contributed by atoms with Gasteiger partial charge in [-0.15, -0.1) is 0 Å². The Morgan fingerprint density at radius 1 is 1.09 bits per heavy atom. The molecule has 1 unspecified atom stereocenters. The van der Waals surface area contributed by atoms with Gasteiger partial charge in [0.05, 0.1) is 22.1 Å². The molecule has 3 aromatic carbocycles. The largest absolute Gasteiger partial charge is 0.506 e. The molecule has 0 bridgehead atoms. The Bertz CT molecular complexity index is 1750. The van der Waals surface area contributed by atoms with Gasteiger partial charge in [0.1, 0.15) is 29.8 Å². The van der Waals surface area contributed by atoms with E-state index in [9.17, 15) is 9.90 Å². The van der Waals surface area contributed by atoms with Crippen LogP contribution in [0.1, 0.15) is 39.0 Å². The van der Waals surface area contributed by atoms with Gasteiger partial charge in [-0.25, -0.2) is 9.48 Å². The molecule has 4 aromatic rings. The van der Waals surface area contributed by atoms with Gasteiger partial charge in [0.2, 0.25) is 0 Å². The van der Waals surface area contributed by atoms with Crippen LogP contribution in [-0.4, -0.2) is 44.7 Å². The number of halogens is 1. The SMILES string of the molecule is CCOCN1C=CN2c3cc(Oc4ccccc4CNC(=O)Nc4cc(C(C)(C)C)nn4-c4ccc(O)c(Cl)c4)ccc3SC12. The molecule has 45 heavy (non-hydrogen) atoms. The van der Waals surface area contributed by atoms with Gasteiger partial charge in [-0.1, -0.05) is 62.3 Å². The summed E-state index contributed by atoms with van der Waals surface area (Å²) in [6.07, 6.45) is 4.11. The van der Waals surface area contributed by atoms with Gasteiger partial charge < -0.3 is 29.7 Å². The third-order valence-electron chi connectivity index (χ3n) is 7.36. The molecule has 0 fully saturated rings. The minimum Gasteiger partial charge on any atom is -0.506 e. The second kappa shape index (κ2) is 12.6. The summed E-state index contributed by atoms with van der Waals surface area (Å²) in [5.74, 6) is 1.79. The smallest absolute Gasteiger partial charge is 0.320 e. The highest BCUT2D eigenvalue weighted by Crippen LogP contribution is 2.48. The minimum atomic E-state index is -0.408. The molecule has 6 rings (SSSR count). The van der Waals surface area contributed by atoms with Gasteiger partial charge in [0, 0.05) is 53.6 Å². The number of nitrogens with zero attached hydrogens (tertiary/aromatic N) is 4. The van der Waals surface area contributed by atoms with Crippen molar-refractivity contribution in [2.24, 2.45) is 0 Å². The second-order valence-corrected chi connectivity index (χ2v) is 13.1. The zero-order valence-electron chi connectivity index (χ0n) is 25.5. The van der Waals surface area contributed by atoms with Gasteiger partial charge in [0.15, 0.2) is 5.50 Å². The Morgan fingerprint density at radius 3 is 2.69 bits per heavy atom. The maximum Gasteiger partial charge on any atom is 0.320 e. The van der Waals surface area contributed by atoms with Crippen molar-refractivity contribution < 1.29 is 19.4 Å². The predicted octanol–water partition coefficient (Wildman–Crippen LogP) is 7.62. The highest BCUT2D eigenvalue weighted by molar-refractivity contribution is 8.00. The third-order valence-corrected chi connectivity index (χ3v) is 8.97. The number of urea groups is 1. The lowest BCUT2D eigenvalue weighted by molar-refractivity contribution is 0.0626. The summed E-state index contributed by atoms with van der Waals surface area (Å²) in [6.45, 7) is 9.56. The lowest BCUT2D eigenvalue weighted by atomic mass is 9.92. The summed E-state index contributed by atoms with van der Waals surface area (Å²) in [4.78, 5) is 18.7. The molecule has 3 N–H and O–H groups in total. The van der Waals surface area contributed by atoms with Crippen molar-refractivity contribution in [3.63, 3.8) is 0 Å². The molecule has 10 nitrogen and oxygen atoms in total. The van der Waals surface area contributed by atoms with Crippen LogP contribution in [0.15, 0.2) is 84.0 Å². The fourth-order valence-corrected chi connectivity index (χ4v) is 6.34. The molecule has 2 aliphatic rings. The summed E-state index contributed by atoms with van der Waals surface area (Å²) in [5, 5.41) is 20.6. The average molecular weight is 647 g/mol. The molecule has 0 saturated carbocycles. The van der Waals surface area contributed by atoms with Crippen LogP contribution in [0.2, 0.25) is 5.02 Å². The van der Waals surface area contributed by atoms with E-state index in [-0.39, 0.29) is 28.2 Å². The van der Waals surface area contributed by atoms with E-state index in [2.05, 4.69) is 32.7 Å². The van der Waals surface area contributed by atoms with Gasteiger partial charge in [-0.2, -0.15) is 5.10 Å².